The summed E-state index contributed by atoms with van der Waals surface area (Å²) >= 11 is 6.22. The lowest BCUT2D eigenvalue weighted by molar-refractivity contribution is 0.0340. The first-order valence-electron chi connectivity index (χ1n) is 12.5. The van der Waals surface area contributed by atoms with Crippen LogP contribution < -0.4 is 14.2 Å². The van der Waals surface area contributed by atoms with Crippen molar-refractivity contribution in [3.63, 3.8) is 0 Å². The molecule has 1 aromatic carbocycles. The zero-order valence-electron chi connectivity index (χ0n) is 22.0. The summed E-state index contributed by atoms with van der Waals surface area (Å²) in [6.07, 6.45) is 3.19. The smallest absolute Gasteiger partial charge is 0.243 e. The Labute approximate surface area is 236 Å². The van der Waals surface area contributed by atoms with Crippen molar-refractivity contribution in [2.24, 2.45) is 0 Å². The average Bonchev–Trinajstić information content (AvgIpc) is 3.62. The number of rotatable bonds is 11. The Morgan fingerprint density at radius 1 is 1.07 bits per heavy atom. The maximum Gasteiger partial charge on any atom is 0.243 e. The number of hydrogen-bond donors (Lipinski definition) is 1. The highest BCUT2D eigenvalue weighted by molar-refractivity contribution is 7.92. The fourth-order valence-electron chi connectivity index (χ4n) is 4.47. The monoisotopic (exact) mass is 588 g/mol. The molecule has 1 fully saturated rings. The number of furan rings is 1. The molecule has 0 amide bonds. The predicted octanol–water partition coefficient (Wildman–Crippen LogP) is 3.41. The number of aromatic nitrogens is 4. The number of sulfonamides is 1. The number of ether oxygens (including phenoxy) is 3. The number of nitrogens with zero attached hydrogens (tertiary/aromatic N) is 5. The number of morpholine rings is 1. The van der Waals surface area contributed by atoms with Crippen LogP contribution in [0.15, 0.2) is 53.3 Å². The molecule has 0 unspecified atom stereocenters. The van der Waals surface area contributed by atoms with E-state index < -0.39 is 10.0 Å². The number of nitrogens with one attached hydrogen (secondary N) is 1. The molecule has 3 aromatic heterocycles. The average molecular weight is 589 g/mol. The highest BCUT2D eigenvalue weighted by atomic mass is 35.5. The van der Waals surface area contributed by atoms with Crippen LogP contribution in [-0.2, 0) is 27.7 Å². The minimum absolute atomic E-state index is 0.0493. The van der Waals surface area contributed by atoms with Gasteiger partial charge in [-0.25, -0.2) is 8.42 Å². The molecular weight excluding hydrogens is 560 g/mol. The van der Waals surface area contributed by atoms with E-state index in [1.54, 1.807) is 30.3 Å². The second-order valence-corrected chi connectivity index (χ2v) is 11.3. The largest absolute Gasteiger partial charge is 0.494 e. The summed E-state index contributed by atoms with van der Waals surface area (Å²) in [7, 11) is -0.897. The summed E-state index contributed by atoms with van der Waals surface area (Å²) in [6, 6.07) is 10.4. The molecule has 0 bridgehead atoms. The Bertz CT molecular complexity index is 1530. The molecule has 0 spiro atoms. The van der Waals surface area contributed by atoms with Gasteiger partial charge in [-0.05, 0) is 35.9 Å². The van der Waals surface area contributed by atoms with Crippen LogP contribution >= 0.6 is 11.6 Å². The van der Waals surface area contributed by atoms with Gasteiger partial charge in [-0.1, -0.05) is 17.7 Å². The standard InChI is InChI=1S/C26H29ClN6O6S/c1-36-21-5-3-6-22(37-2)24(21)33-25(23-7-4-11-39-23)29-30-26(33)31-40(34,35)14-8-20-18(15-19(27)16-28-20)17-32-9-12-38-13-10-32/h3-7,11,15-16H,8-10,12-14,17H2,1-2H3,(H,30,31). The van der Waals surface area contributed by atoms with Gasteiger partial charge in [0.1, 0.15) is 17.2 Å². The third kappa shape index (κ3) is 6.22. The number of hydrogen-bond acceptors (Lipinski definition) is 10. The Hall–Kier alpha value is -3.65. The van der Waals surface area contributed by atoms with Gasteiger partial charge in [0.05, 0.1) is 44.5 Å². The van der Waals surface area contributed by atoms with Gasteiger partial charge in [0, 0.05) is 37.9 Å². The number of aryl methyl sites for hydroxylation is 1. The number of pyridine rings is 1. The minimum atomic E-state index is -3.91. The fraction of sp³-hybridized carbons (Fsp3) is 0.346. The van der Waals surface area contributed by atoms with E-state index in [-0.39, 0.29) is 23.9 Å². The van der Waals surface area contributed by atoms with Crippen molar-refractivity contribution in [1.29, 1.82) is 0 Å². The van der Waals surface area contributed by atoms with Gasteiger partial charge in [0.25, 0.3) is 0 Å². The summed E-state index contributed by atoms with van der Waals surface area (Å²) in [4.78, 5) is 6.67. The lowest BCUT2D eigenvalue weighted by Gasteiger charge is -2.27. The summed E-state index contributed by atoms with van der Waals surface area (Å²) in [5.41, 5.74) is 1.95. The van der Waals surface area contributed by atoms with Crippen molar-refractivity contribution in [3.05, 3.63) is 65.1 Å². The number of para-hydroxylation sites is 1. The highest BCUT2D eigenvalue weighted by Gasteiger charge is 2.26. The van der Waals surface area contributed by atoms with Crippen molar-refractivity contribution >= 4 is 27.6 Å². The lowest BCUT2D eigenvalue weighted by atomic mass is 10.1. The molecular formula is C26H29ClN6O6S. The van der Waals surface area contributed by atoms with Crippen LogP contribution in [0.2, 0.25) is 5.02 Å². The second kappa shape index (κ2) is 12.3. The van der Waals surface area contributed by atoms with Gasteiger partial charge in [-0.3, -0.25) is 19.2 Å². The first kappa shape index (κ1) is 27.9. The number of anilines is 1. The highest BCUT2D eigenvalue weighted by Crippen LogP contribution is 2.37. The molecule has 4 aromatic rings. The van der Waals surface area contributed by atoms with Crippen LogP contribution in [0, 0.1) is 0 Å². The van der Waals surface area contributed by atoms with Gasteiger partial charge >= 0.3 is 0 Å². The van der Waals surface area contributed by atoms with Crippen LogP contribution in [0.3, 0.4) is 0 Å². The van der Waals surface area contributed by atoms with Crippen LogP contribution in [0.1, 0.15) is 11.3 Å². The van der Waals surface area contributed by atoms with Gasteiger partial charge in [-0.2, -0.15) is 0 Å². The fourth-order valence-corrected chi connectivity index (χ4v) is 5.63. The zero-order valence-corrected chi connectivity index (χ0v) is 23.6. The first-order valence-corrected chi connectivity index (χ1v) is 14.6. The minimum Gasteiger partial charge on any atom is -0.494 e. The maximum absolute atomic E-state index is 13.4. The van der Waals surface area contributed by atoms with E-state index in [9.17, 15) is 8.42 Å². The molecule has 1 saturated heterocycles. The number of benzene rings is 1. The summed E-state index contributed by atoms with van der Waals surface area (Å²) in [5, 5.41) is 8.86. The van der Waals surface area contributed by atoms with E-state index in [0.717, 1.165) is 18.7 Å². The van der Waals surface area contributed by atoms with Crippen molar-refractivity contribution in [2.45, 2.75) is 13.0 Å². The third-order valence-electron chi connectivity index (χ3n) is 6.41. The number of methoxy groups -OCH3 is 2. The predicted molar refractivity (Wildman–Crippen MR) is 149 cm³/mol. The molecule has 14 heteroatoms. The Morgan fingerprint density at radius 2 is 1.82 bits per heavy atom. The van der Waals surface area contributed by atoms with Crippen molar-refractivity contribution < 1.29 is 27.0 Å². The van der Waals surface area contributed by atoms with Gasteiger partial charge in [0.2, 0.25) is 21.8 Å². The van der Waals surface area contributed by atoms with Crippen LogP contribution in [0.4, 0.5) is 5.95 Å². The van der Waals surface area contributed by atoms with Gasteiger partial charge in [0.15, 0.2) is 5.76 Å². The Morgan fingerprint density at radius 3 is 2.50 bits per heavy atom. The molecule has 0 atom stereocenters. The number of halogens is 1. The lowest BCUT2D eigenvalue weighted by Crippen LogP contribution is -2.36. The van der Waals surface area contributed by atoms with E-state index in [0.29, 0.717) is 53.4 Å². The molecule has 0 radical (unpaired) electrons. The van der Waals surface area contributed by atoms with Crippen molar-refractivity contribution in [1.82, 2.24) is 24.6 Å². The molecule has 1 aliphatic rings. The molecule has 12 nitrogen and oxygen atoms in total. The molecule has 0 aliphatic carbocycles. The SMILES string of the molecule is COc1cccc(OC)c1-n1c(NS(=O)(=O)CCc2ncc(Cl)cc2CN2CCOCC2)nnc1-c1ccco1. The molecule has 0 saturated carbocycles. The molecule has 212 valence electrons. The van der Waals surface area contributed by atoms with Gasteiger partial charge < -0.3 is 18.6 Å². The van der Waals surface area contributed by atoms with E-state index >= 15 is 0 Å². The molecule has 40 heavy (non-hydrogen) atoms. The van der Waals surface area contributed by atoms with E-state index in [1.165, 1.54) is 31.2 Å². The van der Waals surface area contributed by atoms with Crippen molar-refractivity contribution in [3.8, 4) is 28.8 Å². The molecule has 1 N–H and O–H groups in total. The molecule has 4 heterocycles. The zero-order chi connectivity index (χ0) is 28.1. The van der Waals surface area contributed by atoms with Crippen molar-refractivity contribution in [2.75, 3.05) is 51.0 Å². The topological polar surface area (TPSA) is 134 Å². The van der Waals surface area contributed by atoms with Crippen LogP contribution in [0.25, 0.3) is 17.3 Å². The maximum atomic E-state index is 13.4. The van der Waals surface area contributed by atoms with E-state index in [1.807, 2.05) is 6.07 Å². The van der Waals surface area contributed by atoms with Crippen LogP contribution in [-0.4, -0.2) is 79.3 Å². The van der Waals surface area contributed by atoms with Gasteiger partial charge in [-0.15, -0.1) is 10.2 Å². The quantitative estimate of drug-likeness (QED) is 0.278. The Kier molecular flexibility index (Phi) is 8.54. The van der Waals surface area contributed by atoms with E-state index in [4.69, 9.17) is 30.2 Å². The summed E-state index contributed by atoms with van der Waals surface area (Å²) in [6.45, 7) is 3.48. The van der Waals surface area contributed by atoms with Crippen LogP contribution in [0.5, 0.6) is 11.5 Å². The first-order chi connectivity index (χ1) is 19.4. The summed E-state index contributed by atoms with van der Waals surface area (Å²) in [5.74, 6) is 1.19. The molecule has 5 rings (SSSR count). The van der Waals surface area contributed by atoms with E-state index in [2.05, 4.69) is 24.8 Å². The summed E-state index contributed by atoms with van der Waals surface area (Å²) < 4.78 is 52.9. The second-order valence-electron chi connectivity index (χ2n) is 8.99. The normalized spacial score (nSPS) is 14.3. The Balaban J connectivity index is 1.43. The third-order valence-corrected chi connectivity index (χ3v) is 7.85. The molecule has 1 aliphatic heterocycles.